The molecule has 0 atom stereocenters. The molecule has 5 nitrogen and oxygen atoms in total. The monoisotopic (exact) mass is 423 g/mol. The van der Waals surface area contributed by atoms with E-state index in [0.29, 0.717) is 10.5 Å². The first-order valence-corrected chi connectivity index (χ1v) is 11.1. The van der Waals surface area contributed by atoms with Crippen LogP contribution in [-0.2, 0) is 29.4 Å². The average Bonchev–Trinajstić information content (AvgIpc) is 3.41. The Hall–Kier alpha value is -2.19. The van der Waals surface area contributed by atoms with Crippen LogP contribution in [0, 0.1) is 0 Å². The molecule has 0 saturated heterocycles. The van der Waals surface area contributed by atoms with Crippen molar-refractivity contribution >= 4 is 10.0 Å². The zero-order valence-corrected chi connectivity index (χ0v) is 16.9. The number of alkyl halides is 2. The largest absolute Gasteiger partial charge is 0.493 e. The summed E-state index contributed by atoms with van der Waals surface area (Å²) in [7, 11) is -2.31. The molecule has 8 heteroatoms. The summed E-state index contributed by atoms with van der Waals surface area (Å²) < 4.78 is 62.9. The number of rotatable bonds is 8. The Labute approximate surface area is 169 Å². The summed E-state index contributed by atoms with van der Waals surface area (Å²) in [4.78, 5) is 0.315. The highest BCUT2D eigenvalue weighted by Crippen LogP contribution is 2.36. The number of sulfonamides is 1. The molecule has 1 saturated carbocycles. The van der Waals surface area contributed by atoms with Gasteiger partial charge in [0.2, 0.25) is 10.0 Å². The molecular weight excluding hydrogens is 400 g/mol. The molecule has 0 N–H and O–H groups in total. The van der Waals surface area contributed by atoms with E-state index in [0.717, 1.165) is 37.7 Å². The van der Waals surface area contributed by atoms with Crippen LogP contribution in [0.3, 0.4) is 0 Å². The molecule has 29 heavy (non-hydrogen) atoms. The van der Waals surface area contributed by atoms with Gasteiger partial charge in [-0.05, 0) is 73.1 Å². The zero-order valence-electron chi connectivity index (χ0n) is 16.1. The van der Waals surface area contributed by atoms with Crippen molar-refractivity contribution in [2.75, 3.05) is 7.11 Å². The molecule has 1 fully saturated rings. The van der Waals surface area contributed by atoms with Crippen LogP contribution in [0.15, 0.2) is 41.3 Å². The van der Waals surface area contributed by atoms with Crippen molar-refractivity contribution in [3.05, 3.63) is 53.1 Å². The van der Waals surface area contributed by atoms with Crippen molar-refractivity contribution in [3.8, 4) is 11.5 Å². The van der Waals surface area contributed by atoms with E-state index < -0.39 is 16.6 Å². The van der Waals surface area contributed by atoms with Crippen LogP contribution in [0.1, 0.15) is 36.0 Å². The molecule has 0 amide bonds. The molecule has 0 aliphatic heterocycles. The van der Waals surface area contributed by atoms with Crippen molar-refractivity contribution in [3.63, 3.8) is 0 Å². The molecule has 0 unspecified atom stereocenters. The van der Waals surface area contributed by atoms with Gasteiger partial charge in [-0.3, -0.25) is 0 Å². The van der Waals surface area contributed by atoms with E-state index in [1.165, 1.54) is 23.0 Å². The minimum absolute atomic E-state index is 0.0451. The summed E-state index contributed by atoms with van der Waals surface area (Å²) in [6.07, 6.45) is 4.58. The number of hydrogen-bond donors (Lipinski definition) is 0. The second-order valence-electron chi connectivity index (χ2n) is 7.43. The Morgan fingerprint density at radius 2 is 1.83 bits per heavy atom. The standard InChI is InChI=1S/C21H23F2NO4S/c1-27-20-11-14(5-10-19(20)28-21(22)23)13-24(17-7-8-17)29(25,26)18-9-6-15-3-2-4-16(15)12-18/h5-6,9-12,17,21H,2-4,7-8,13H2,1H3. The number of hydrogen-bond acceptors (Lipinski definition) is 4. The Bertz CT molecular complexity index is 1010. The van der Waals surface area contributed by atoms with Crippen LogP contribution in [0.25, 0.3) is 0 Å². The van der Waals surface area contributed by atoms with Gasteiger partial charge in [0.1, 0.15) is 0 Å². The van der Waals surface area contributed by atoms with E-state index in [-0.39, 0.29) is 24.1 Å². The third-order valence-electron chi connectivity index (χ3n) is 5.41. The van der Waals surface area contributed by atoms with Gasteiger partial charge in [0.15, 0.2) is 11.5 Å². The summed E-state index contributed by atoms with van der Waals surface area (Å²) in [5, 5.41) is 0. The quantitative estimate of drug-likeness (QED) is 0.640. The van der Waals surface area contributed by atoms with Crippen LogP contribution in [0.5, 0.6) is 11.5 Å². The number of benzene rings is 2. The van der Waals surface area contributed by atoms with E-state index in [1.807, 2.05) is 6.07 Å². The highest BCUT2D eigenvalue weighted by atomic mass is 32.2. The summed E-state index contributed by atoms with van der Waals surface area (Å²) in [6.45, 7) is -2.81. The number of nitrogens with zero attached hydrogens (tertiary/aromatic N) is 1. The van der Waals surface area contributed by atoms with Gasteiger partial charge >= 0.3 is 6.61 Å². The predicted molar refractivity (Wildman–Crippen MR) is 104 cm³/mol. The highest BCUT2D eigenvalue weighted by Gasteiger charge is 2.38. The molecule has 0 aromatic heterocycles. The van der Waals surface area contributed by atoms with Gasteiger partial charge in [-0.15, -0.1) is 0 Å². The van der Waals surface area contributed by atoms with Crippen LogP contribution < -0.4 is 9.47 Å². The van der Waals surface area contributed by atoms with E-state index in [2.05, 4.69) is 4.74 Å². The topological polar surface area (TPSA) is 55.8 Å². The molecule has 0 bridgehead atoms. The molecule has 2 aromatic carbocycles. The predicted octanol–water partition coefficient (Wildman–Crippen LogP) is 4.14. The summed E-state index contributed by atoms with van der Waals surface area (Å²) >= 11 is 0. The van der Waals surface area contributed by atoms with Gasteiger partial charge in [0.05, 0.1) is 12.0 Å². The number of halogens is 2. The molecule has 4 rings (SSSR count). The van der Waals surface area contributed by atoms with Crippen molar-refractivity contribution in [2.45, 2.75) is 56.2 Å². The Balaban J connectivity index is 1.61. The van der Waals surface area contributed by atoms with Crippen molar-refractivity contribution < 1.29 is 26.7 Å². The lowest BCUT2D eigenvalue weighted by Crippen LogP contribution is -2.32. The second kappa shape index (κ2) is 7.91. The number of ether oxygens (including phenoxy) is 2. The first-order valence-electron chi connectivity index (χ1n) is 9.64. The van der Waals surface area contributed by atoms with E-state index >= 15 is 0 Å². The molecule has 0 radical (unpaired) electrons. The van der Waals surface area contributed by atoms with Gasteiger partial charge in [-0.1, -0.05) is 12.1 Å². The molecule has 0 spiro atoms. The maximum Gasteiger partial charge on any atom is 0.387 e. The van der Waals surface area contributed by atoms with Crippen molar-refractivity contribution in [1.82, 2.24) is 4.31 Å². The smallest absolute Gasteiger partial charge is 0.387 e. The van der Waals surface area contributed by atoms with Gasteiger partial charge in [-0.2, -0.15) is 13.1 Å². The first kappa shape index (κ1) is 20.1. The molecule has 0 heterocycles. The fourth-order valence-corrected chi connectivity index (χ4v) is 5.52. The number of fused-ring (bicyclic) bond motifs is 1. The molecule has 2 aromatic rings. The van der Waals surface area contributed by atoms with Crippen LogP contribution in [-0.4, -0.2) is 32.5 Å². The minimum Gasteiger partial charge on any atom is -0.493 e. The van der Waals surface area contributed by atoms with Gasteiger partial charge in [-0.25, -0.2) is 8.42 Å². The Morgan fingerprint density at radius 1 is 1.07 bits per heavy atom. The Kier molecular flexibility index (Phi) is 5.48. The molecule has 156 valence electrons. The van der Waals surface area contributed by atoms with Gasteiger partial charge in [0.25, 0.3) is 0 Å². The highest BCUT2D eigenvalue weighted by molar-refractivity contribution is 7.89. The van der Waals surface area contributed by atoms with E-state index in [9.17, 15) is 17.2 Å². The fourth-order valence-electron chi connectivity index (χ4n) is 3.80. The van der Waals surface area contributed by atoms with E-state index in [4.69, 9.17) is 4.74 Å². The summed E-state index contributed by atoms with van der Waals surface area (Å²) in [5.74, 6) is 0.0687. The van der Waals surface area contributed by atoms with Crippen LogP contribution >= 0.6 is 0 Å². The zero-order chi connectivity index (χ0) is 20.6. The fraction of sp³-hybridized carbons (Fsp3) is 0.429. The van der Waals surface area contributed by atoms with Gasteiger partial charge in [0, 0.05) is 12.6 Å². The maximum absolute atomic E-state index is 13.4. The summed E-state index contributed by atoms with van der Waals surface area (Å²) in [6, 6.07) is 9.88. The lowest BCUT2D eigenvalue weighted by molar-refractivity contribution is -0.0512. The third kappa shape index (κ3) is 4.23. The molecule has 2 aliphatic rings. The third-order valence-corrected chi connectivity index (χ3v) is 7.31. The number of aryl methyl sites for hydroxylation is 2. The first-order chi connectivity index (χ1) is 13.9. The Morgan fingerprint density at radius 3 is 2.52 bits per heavy atom. The van der Waals surface area contributed by atoms with E-state index in [1.54, 1.807) is 24.3 Å². The lowest BCUT2D eigenvalue weighted by Gasteiger charge is -2.23. The second-order valence-corrected chi connectivity index (χ2v) is 9.32. The van der Waals surface area contributed by atoms with Crippen LogP contribution in [0.4, 0.5) is 8.78 Å². The number of methoxy groups -OCH3 is 1. The lowest BCUT2D eigenvalue weighted by atomic mass is 10.1. The normalized spacial score (nSPS) is 16.3. The SMILES string of the molecule is COc1cc(CN(C2CC2)S(=O)(=O)c2ccc3c(c2)CCC3)ccc1OC(F)F. The minimum atomic E-state index is -3.67. The summed E-state index contributed by atoms with van der Waals surface area (Å²) in [5.41, 5.74) is 2.98. The van der Waals surface area contributed by atoms with Crippen molar-refractivity contribution in [2.24, 2.45) is 0 Å². The van der Waals surface area contributed by atoms with Crippen molar-refractivity contribution in [1.29, 1.82) is 0 Å². The van der Waals surface area contributed by atoms with Crippen LogP contribution in [0.2, 0.25) is 0 Å². The maximum atomic E-state index is 13.4. The van der Waals surface area contributed by atoms with Gasteiger partial charge < -0.3 is 9.47 Å². The molecule has 2 aliphatic carbocycles. The molecular formula is C21H23F2NO4S. The average molecular weight is 423 g/mol.